The van der Waals surface area contributed by atoms with E-state index in [1.54, 1.807) is 6.92 Å². The monoisotopic (exact) mass is 293 g/mol. The number of hydrogen-bond donors (Lipinski definition) is 2. The third-order valence-electron chi connectivity index (χ3n) is 3.20. The Hall–Kier alpha value is -0.210. The first-order valence-electron chi connectivity index (χ1n) is 6.83. The van der Waals surface area contributed by atoms with Crippen molar-refractivity contribution in [2.75, 3.05) is 39.8 Å². The highest BCUT2D eigenvalue weighted by molar-refractivity contribution is 7.90. The number of likely N-dealkylation sites (N-methyl/N-ethyl adjacent to an activating group) is 1. The fourth-order valence-corrected chi connectivity index (χ4v) is 2.87. The van der Waals surface area contributed by atoms with Crippen molar-refractivity contribution in [3.8, 4) is 0 Å². The predicted octanol–water partition coefficient (Wildman–Crippen LogP) is -0.377. The molecule has 0 aromatic rings. The summed E-state index contributed by atoms with van der Waals surface area (Å²) in [5.41, 5.74) is 0. The Morgan fingerprint density at radius 1 is 1.37 bits per heavy atom. The molecule has 6 nitrogen and oxygen atoms in total. The number of morpholine rings is 1. The van der Waals surface area contributed by atoms with Crippen molar-refractivity contribution in [3.63, 3.8) is 0 Å². The van der Waals surface area contributed by atoms with E-state index in [2.05, 4.69) is 14.9 Å². The largest absolute Gasteiger partial charge is 0.374 e. The van der Waals surface area contributed by atoms with Crippen LogP contribution in [0.15, 0.2) is 0 Å². The molecule has 0 aromatic carbocycles. The quantitative estimate of drug-likeness (QED) is 0.670. The van der Waals surface area contributed by atoms with Crippen molar-refractivity contribution >= 4 is 10.0 Å². The Balaban J connectivity index is 2.37. The molecule has 114 valence electrons. The Morgan fingerprint density at radius 3 is 2.63 bits per heavy atom. The fraction of sp³-hybridized carbons (Fsp3) is 1.00. The zero-order chi connectivity index (χ0) is 14.5. The van der Waals surface area contributed by atoms with Crippen LogP contribution in [-0.2, 0) is 14.8 Å². The Bertz CT molecular complexity index is 359. The van der Waals surface area contributed by atoms with Crippen LogP contribution in [0.4, 0.5) is 0 Å². The van der Waals surface area contributed by atoms with Crippen molar-refractivity contribution in [2.45, 2.75) is 38.2 Å². The minimum absolute atomic E-state index is 0.0567. The zero-order valence-corrected chi connectivity index (χ0v) is 13.2. The summed E-state index contributed by atoms with van der Waals surface area (Å²) in [6.07, 6.45) is -0.0567. The molecule has 0 bridgehead atoms. The summed E-state index contributed by atoms with van der Waals surface area (Å²) in [6.45, 7) is 8.84. The topological polar surface area (TPSA) is 70.7 Å². The van der Waals surface area contributed by atoms with Gasteiger partial charge in [-0.1, -0.05) is 13.8 Å². The second-order valence-corrected chi connectivity index (χ2v) is 7.71. The van der Waals surface area contributed by atoms with E-state index in [0.717, 1.165) is 13.1 Å². The fourth-order valence-electron chi connectivity index (χ4n) is 1.85. The van der Waals surface area contributed by atoms with Crippen LogP contribution in [0.3, 0.4) is 0 Å². The van der Waals surface area contributed by atoms with Gasteiger partial charge in [-0.15, -0.1) is 0 Å². The lowest BCUT2D eigenvalue weighted by Crippen LogP contribution is -2.48. The lowest BCUT2D eigenvalue weighted by Gasteiger charge is -2.30. The lowest BCUT2D eigenvalue weighted by atomic mass is 10.3. The van der Waals surface area contributed by atoms with Crippen LogP contribution in [0.5, 0.6) is 0 Å². The van der Waals surface area contributed by atoms with Crippen molar-refractivity contribution in [1.82, 2.24) is 14.9 Å². The highest BCUT2D eigenvalue weighted by Gasteiger charge is 2.24. The number of sulfonamides is 1. The maximum atomic E-state index is 12.0. The van der Waals surface area contributed by atoms with Gasteiger partial charge in [0.25, 0.3) is 0 Å². The molecule has 1 saturated heterocycles. The molecule has 2 atom stereocenters. The second kappa shape index (κ2) is 7.54. The van der Waals surface area contributed by atoms with E-state index in [0.29, 0.717) is 19.7 Å². The maximum Gasteiger partial charge on any atom is 0.215 e. The predicted molar refractivity (Wildman–Crippen MR) is 76.8 cm³/mol. The van der Waals surface area contributed by atoms with E-state index in [4.69, 9.17) is 4.74 Å². The first kappa shape index (κ1) is 16.8. The van der Waals surface area contributed by atoms with Gasteiger partial charge in [-0.2, -0.15) is 0 Å². The molecule has 0 spiro atoms. The maximum absolute atomic E-state index is 12.0. The van der Waals surface area contributed by atoms with Crippen LogP contribution in [0.25, 0.3) is 0 Å². The number of nitrogens with one attached hydrogen (secondary N) is 2. The minimum Gasteiger partial charge on any atom is -0.374 e. The van der Waals surface area contributed by atoms with Gasteiger partial charge < -0.3 is 15.0 Å². The van der Waals surface area contributed by atoms with Crippen molar-refractivity contribution in [2.24, 2.45) is 0 Å². The standard InChI is InChI=1S/C12H27N3O3S/c1-10(2)13-7-11(3)19(16,17)14-8-12-9-15(4)5-6-18-12/h10-14H,5-9H2,1-4H3. The summed E-state index contributed by atoms with van der Waals surface area (Å²) in [5, 5.41) is 2.69. The van der Waals surface area contributed by atoms with Crippen LogP contribution >= 0.6 is 0 Å². The Labute approximate surface area is 116 Å². The van der Waals surface area contributed by atoms with Crippen LogP contribution in [-0.4, -0.2) is 70.5 Å². The smallest absolute Gasteiger partial charge is 0.215 e. The third kappa shape index (κ3) is 6.18. The number of ether oxygens (including phenoxy) is 1. The molecule has 19 heavy (non-hydrogen) atoms. The molecule has 0 aromatic heterocycles. The van der Waals surface area contributed by atoms with Crippen LogP contribution < -0.4 is 10.0 Å². The zero-order valence-electron chi connectivity index (χ0n) is 12.3. The summed E-state index contributed by atoms with van der Waals surface area (Å²) in [4.78, 5) is 2.15. The molecule has 0 radical (unpaired) electrons. The molecule has 0 amide bonds. The first-order chi connectivity index (χ1) is 8.81. The molecule has 1 fully saturated rings. The summed E-state index contributed by atoms with van der Waals surface area (Å²) >= 11 is 0. The van der Waals surface area contributed by atoms with Crippen molar-refractivity contribution < 1.29 is 13.2 Å². The molecular weight excluding hydrogens is 266 g/mol. The van der Waals surface area contributed by atoms with Crippen molar-refractivity contribution in [1.29, 1.82) is 0 Å². The SMILES string of the molecule is CC(C)NCC(C)S(=O)(=O)NCC1CN(C)CCO1. The van der Waals surface area contributed by atoms with Gasteiger partial charge in [0.05, 0.1) is 18.0 Å². The normalized spacial score (nSPS) is 23.7. The van der Waals surface area contributed by atoms with Gasteiger partial charge in [-0.3, -0.25) is 0 Å². The molecule has 1 rings (SSSR count). The first-order valence-corrected chi connectivity index (χ1v) is 8.38. The highest BCUT2D eigenvalue weighted by Crippen LogP contribution is 2.04. The van der Waals surface area contributed by atoms with Gasteiger partial charge >= 0.3 is 0 Å². The summed E-state index contributed by atoms with van der Waals surface area (Å²) in [7, 11) is -1.27. The summed E-state index contributed by atoms with van der Waals surface area (Å²) in [6, 6.07) is 0.285. The van der Waals surface area contributed by atoms with E-state index >= 15 is 0 Å². The summed E-state index contributed by atoms with van der Waals surface area (Å²) < 4.78 is 32.3. The molecule has 2 unspecified atom stereocenters. The Morgan fingerprint density at radius 2 is 2.05 bits per heavy atom. The highest BCUT2D eigenvalue weighted by atomic mass is 32.2. The van der Waals surface area contributed by atoms with Gasteiger partial charge in [0.15, 0.2) is 0 Å². The van der Waals surface area contributed by atoms with Crippen LogP contribution in [0.2, 0.25) is 0 Å². The molecule has 0 aliphatic carbocycles. The van der Waals surface area contributed by atoms with Gasteiger partial charge in [-0.25, -0.2) is 13.1 Å². The van der Waals surface area contributed by atoms with Gasteiger partial charge in [0, 0.05) is 32.2 Å². The van der Waals surface area contributed by atoms with Gasteiger partial charge in [-0.05, 0) is 14.0 Å². The average molecular weight is 293 g/mol. The molecule has 2 N–H and O–H groups in total. The summed E-state index contributed by atoms with van der Waals surface area (Å²) in [5.74, 6) is 0. The number of hydrogen-bond acceptors (Lipinski definition) is 5. The van der Waals surface area contributed by atoms with Crippen LogP contribution in [0, 0.1) is 0 Å². The molecule has 1 aliphatic heterocycles. The minimum atomic E-state index is -3.28. The Kier molecular flexibility index (Phi) is 6.68. The molecule has 7 heteroatoms. The van der Waals surface area contributed by atoms with E-state index in [9.17, 15) is 8.42 Å². The van der Waals surface area contributed by atoms with Gasteiger partial charge in [0.1, 0.15) is 0 Å². The number of nitrogens with zero attached hydrogens (tertiary/aromatic N) is 1. The molecular formula is C12H27N3O3S. The second-order valence-electron chi connectivity index (χ2n) is 5.52. The van der Waals surface area contributed by atoms with Gasteiger partial charge in [0.2, 0.25) is 10.0 Å². The number of rotatable bonds is 7. The van der Waals surface area contributed by atoms with E-state index < -0.39 is 15.3 Å². The van der Waals surface area contributed by atoms with E-state index in [1.807, 2.05) is 20.9 Å². The van der Waals surface area contributed by atoms with E-state index in [-0.39, 0.29) is 12.1 Å². The molecule has 0 saturated carbocycles. The molecule has 1 aliphatic rings. The van der Waals surface area contributed by atoms with Crippen LogP contribution in [0.1, 0.15) is 20.8 Å². The average Bonchev–Trinajstić information content (AvgIpc) is 2.33. The van der Waals surface area contributed by atoms with E-state index in [1.165, 1.54) is 0 Å². The molecule has 1 heterocycles. The lowest BCUT2D eigenvalue weighted by molar-refractivity contribution is -0.0156. The van der Waals surface area contributed by atoms with Crippen molar-refractivity contribution in [3.05, 3.63) is 0 Å². The third-order valence-corrected chi connectivity index (χ3v) is 4.99.